The Bertz CT molecular complexity index is 717. The minimum Gasteiger partial charge on any atom is -0.374 e. The third kappa shape index (κ3) is 3.02. The number of carbonyl (C=O) groups is 1. The van der Waals surface area contributed by atoms with Gasteiger partial charge in [0.25, 0.3) is 5.91 Å². The number of fused-ring (bicyclic) bond motifs is 1. The Morgan fingerprint density at radius 1 is 1.04 bits per heavy atom. The fourth-order valence-corrected chi connectivity index (χ4v) is 3.76. The summed E-state index contributed by atoms with van der Waals surface area (Å²) in [6.07, 6.45) is 3.50. The highest BCUT2D eigenvalue weighted by molar-refractivity contribution is 5.95. The van der Waals surface area contributed by atoms with Gasteiger partial charge in [-0.15, -0.1) is 0 Å². The van der Waals surface area contributed by atoms with Crippen LogP contribution in [0.5, 0.6) is 0 Å². The van der Waals surface area contributed by atoms with E-state index in [0.29, 0.717) is 13.2 Å². The van der Waals surface area contributed by atoms with Crippen molar-refractivity contribution in [1.29, 1.82) is 0 Å². The van der Waals surface area contributed by atoms with Crippen LogP contribution in [0.15, 0.2) is 54.6 Å². The van der Waals surface area contributed by atoms with E-state index >= 15 is 0 Å². The number of para-hydroxylation sites is 1. The second-order valence-corrected chi connectivity index (χ2v) is 6.48. The molecule has 2 atom stereocenters. The first-order valence-corrected chi connectivity index (χ1v) is 8.66. The molecule has 1 aliphatic heterocycles. The van der Waals surface area contributed by atoms with Gasteiger partial charge in [-0.25, -0.2) is 0 Å². The van der Waals surface area contributed by atoms with E-state index in [0.717, 1.165) is 36.2 Å². The minimum absolute atomic E-state index is 0.118. The summed E-state index contributed by atoms with van der Waals surface area (Å²) in [4.78, 5) is 15.0. The maximum absolute atomic E-state index is 13.0. The largest absolute Gasteiger partial charge is 0.374 e. The van der Waals surface area contributed by atoms with Gasteiger partial charge in [-0.1, -0.05) is 24.3 Å². The maximum atomic E-state index is 13.0. The monoisotopic (exact) mass is 322 g/mol. The van der Waals surface area contributed by atoms with Gasteiger partial charge in [-0.05, 0) is 49.6 Å². The van der Waals surface area contributed by atoms with Gasteiger partial charge in [0.2, 0.25) is 0 Å². The molecule has 0 aromatic heterocycles. The summed E-state index contributed by atoms with van der Waals surface area (Å²) in [6, 6.07) is 18.0. The first-order chi connectivity index (χ1) is 11.8. The van der Waals surface area contributed by atoms with Crippen LogP contribution in [0.1, 0.15) is 29.6 Å². The van der Waals surface area contributed by atoms with E-state index < -0.39 is 0 Å². The number of hydrogen-bond donors (Lipinski definition) is 1. The zero-order chi connectivity index (χ0) is 16.4. The van der Waals surface area contributed by atoms with E-state index in [2.05, 4.69) is 5.32 Å². The molecule has 1 heterocycles. The molecule has 2 aliphatic rings. The third-order valence-electron chi connectivity index (χ3n) is 4.91. The Morgan fingerprint density at radius 3 is 2.75 bits per heavy atom. The van der Waals surface area contributed by atoms with Crippen LogP contribution in [-0.4, -0.2) is 36.1 Å². The lowest BCUT2D eigenvalue weighted by Crippen LogP contribution is -2.51. The number of carbonyl (C=O) groups excluding carboxylic acids is 1. The van der Waals surface area contributed by atoms with Crippen molar-refractivity contribution < 1.29 is 9.53 Å². The van der Waals surface area contributed by atoms with Crippen LogP contribution in [0, 0.1) is 0 Å². The number of hydrogen-bond acceptors (Lipinski definition) is 3. The van der Waals surface area contributed by atoms with Crippen molar-refractivity contribution in [3.63, 3.8) is 0 Å². The predicted molar refractivity (Wildman–Crippen MR) is 94.6 cm³/mol. The van der Waals surface area contributed by atoms with Gasteiger partial charge < -0.3 is 15.0 Å². The van der Waals surface area contributed by atoms with Crippen LogP contribution in [-0.2, 0) is 4.74 Å². The SMILES string of the molecule is O=C(c1cccc(Nc2ccccc2)c1)N1CCO[C@@H]2CCC[C@@H]21. The molecule has 1 saturated carbocycles. The number of ether oxygens (including phenoxy) is 1. The summed E-state index contributed by atoms with van der Waals surface area (Å²) in [5.74, 6) is 0.118. The summed E-state index contributed by atoms with van der Waals surface area (Å²) in [6.45, 7) is 1.34. The fourth-order valence-electron chi connectivity index (χ4n) is 3.76. The smallest absolute Gasteiger partial charge is 0.254 e. The van der Waals surface area contributed by atoms with Crippen molar-refractivity contribution in [2.75, 3.05) is 18.5 Å². The van der Waals surface area contributed by atoms with Gasteiger partial charge in [-0.2, -0.15) is 0 Å². The van der Waals surface area contributed by atoms with Gasteiger partial charge in [0.05, 0.1) is 18.8 Å². The summed E-state index contributed by atoms with van der Waals surface area (Å²) in [5, 5.41) is 3.35. The molecule has 1 amide bonds. The van der Waals surface area contributed by atoms with Gasteiger partial charge in [0.15, 0.2) is 0 Å². The lowest BCUT2D eigenvalue weighted by atomic mass is 10.1. The second-order valence-electron chi connectivity index (χ2n) is 6.48. The topological polar surface area (TPSA) is 41.6 Å². The molecule has 2 fully saturated rings. The third-order valence-corrected chi connectivity index (χ3v) is 4.91. The Balaban J connectivity index is 1.53. The number of morpholine rings is 1. The van der Waals surface area contributed by atoms with Crippen LogP contribution >= 0.6 is 0 Å². The Morgan fingerprint density at radius 2 is 1.88 bits per heavy atom. The average Bonchev–Trinajstić information content (AvgIpc) is 3.11. The number of nitrogens with zero attached hydrogens (tertiary/aromatic N) is 1. The van der Waals surface area contributed by atoms with Gasteiger partial charge >= 0.3 is 0 Å². The molecule has 1 saturated heterocycles. The molecule has 24 heavy (non-hydrogen) atoms. The van der Waals surface area contributed by atoms with Crippen molar-refractivity contribution in [3.8, 4) is 0 Å². The molecule has 1 N–H and O–H groups in total. The first kappa shape index (κ1) is 15.2. The molecule has 2 aromatic rings. The standard InChI is InChI=1S/C20H22N2O2/c23-20(22-12-13-24-19-11-5-10-18(19)22)15-6-4-9-17(14-15)21-16-7-2-1-3-8-16/h1-4,6-9,14,18-19,21H,5,10-13H2/t18-,19+/m0/s1. The van der Waals surface area contributed by atoms with Crippen LogP contribution in [0.4, 0.5) is 11.4 Å². The lowest BCUT2D eigenvalue weighted by Gasteiger charge is -2.37. The molecule has 1 aliphatic carbocycles. The number of nitrogens with one attached hydrogen (secondary N) is 1. The van der Waals surface area contributed by atoms with Crippen LogP contribution in [0.3, 0.4) is 0 Å². The Kier molecular flexibility index (Phi) is 4.22. The highest BCUT2D eigenvalue weighted by Gasteiger charge is 2.38. The Hall–Kier alpha value is -2.33. The first-order valence-electron chi connectivity index (χ1n) is 8.66. The number of benzene rings is 2. The quantitative estimate of drug-likeness (QED) is 0.934. The number of anilines is 2. The van der Waals surface area contributed by atoms with E-state index in [1.54, 1.807) is 0 Å². The van der Waals surface area contributed by atoms with Crippen molar-refractivity contribution in [2.24, 2.45) is 0 Å². The summed E-state index contributed by atoms with van der Waals surface area (Å²) in [5.41, 5.74) is 2.69. The van der Waals surface area contributed by atoms with Gasteiger partial charge in [0.1, 0.15) is 0 Å². The zero-order valence-corrected chi connectivity index (χ0v) is 13.7. The molecule has 124 valence electrons. The average molecular weight is 322 g/mol. The van der Waals surface area contributed by atoms with E-state index in [1.165, 1.54) is 0 Å². The molecular formula is C20H22N2O2. The van der Waals surface area contributed by atoms with E-state index in [1.807, 2.05) is 59.5 Å². The van der Waals surface area contributed by atoms with E-state index in [9.17, 15) is 4.79 Å². The molecule has 0 bridgehead atoms. The minimum atomic E-state index is 0.118. The van der Waals surface area contributed by atoms with Crippen LogP contribution in [0.25, 0.3) is 0 Å². The molecule has 4 nitrogen and oxygen atoms in total. The summed E-state index contributed by atoms with van der Waals surface area (Å²) < 4.78 is 5.81. The fraction of sp³-hybridized carbons (Fsp3) is 0.350. The van der Waals surface area contributed by atoms with Gasteiger partial charge in [0, 0.05) is 23.5 Å². The second kappa shape index (κ2) is 6.65. The van der Waals surface area contributed by atoms with Crippen molar-refractivity contribution >= 4 is 17.3 Å². The number of rotatable bonds is 3. The number of amides is 1. The highest BCUT2D eigenvalue weighted by atomic mass is 16.5. The molecule has 4 rings (SSSR count). The van der Waals surface area contributed by atoms with E-state index in [-0.39, 0.29) is 18.1 Å². The molecule has 0 radical (unpaired) electrons. The zero-order valence-electron chi connectivity index (χ0n) is 13.7. The molecule has 4 heteroatoms. The Labute approximate surface area is 142 Å². The van der Waals surface area contributed by atoms with Gasteiger partial charge in [-0.3, -0.25) is 4.79 Å². The van der Waals surface area contributed by atoms with Crippen molar-refractivity contribution in [3.05, 3.63) is 60.2 Å². The van der Waals surface area contributed by atoms with Crippen LogP contribution < -0.4 is 5.32 Å². The molecular weight excluding hydrogens is 300 g/mol. The lowest BCUT2D eigenvalue weighted by molar-refractivity contribution is -0.0445. The highest BCUT2D eigenvalue weighted by Crippen LogP contribution is 2.31. The molecule has 0 unspecified atom stereocenters. The normalized spacial score (nSPS) is 22.9. The summed E-state index contributed by atoms with van der Waals surface area (Å²) >= 11 is 0. The van der Waals surface area contributed by atoms with Crippen molar-refractivity contribution in [1.82, 2.24) is 4.90 Å². The maximum Gasteiger partial charge on any atom is 0.254 e. The summed E-state index contributed by atoms with van der Waals surface area (Å²) in [7, 11) is 0. The van der Waals surface area contributed by atoms with E-state index in [4.69, 9.17) is 4.74 Å². The van der Waals surface area contributed by atoms with Crippen LogP contribution in [0.2, 0.25) is 0 Å². The molecule has 2 aromatic carbocycles. The predicted octanol–water partition coefficient (Wildman–Crippen LogP) is 3.82. The van der Waals surface area contributed by atoms with Crippen molar-refractivity contribution in [2.45, 2.75) is 31.4 Å². The molecule has 0 spiro atoms.